The van der Waals surface area contributed by atoms with Crippen LogP contribution in [0.1, 0.15) is 55.3 Å². The molecule has 1 atom stereocenters. The van der Waals surface area contributed by atoms with E-state index in [1.807, 2.05) is 18.2 Å². The smallest absolute Gasteiger partial charge is 0.428 e. The van der Waals surface area contributed by atoms with Gasteiger partial charge in [-0.2, -0.15) is 17.6 Å². The summed E-state index contributed by atoms with van der Waals surface area (Å²) in [6.45, 7) is 3.74. The highest BCUT2D eigenvalue weighted by Gasteiger charge is 2.44. The number of amides is 2. The van der Waals surface area contributed by atoms with Crippen molar-refractivity contribution in [1.29, 1.82) is 0 Å². The van der Waals surface area contributed by atoms with Crippen LogP contribution in [-0.4, -0.2) is 29.6 Å². The van der Waals surface area contributed by atoms with Crippen molar-refractivity contribution in [3.63, 3.8) is 0 Å². The van der Waals surface area contributed by atoms with Crippen LogP contribution in [0, 0.1) is 38.4 Å². The molecule has 1 heterocycles. The van der Waals surface area contributed by atoms with Crippen LogP contribution >= 0.6 is 11.6 Å². The zero-order chi connectivity index (χ0) is 33.0. The van der Waals surface area contributed by atoms with Gasteiger partial charge in [0, 0.05) is 29.9 Å². The second kappa shape index (κ2) is 20.6. The highest BCUT2D eigenvalue weighted by molar-refractivity contribution is 6.30. The van der Waals surface area contributed by atoms with Gasteiger partial charge in [-0.05, 0) is 49.6 Å². The van der Waals surface area contributed by atoms with Crippen LogP contribution in [0.15, 0.2) is 66.9 Å². The summed E-state index contributed by atoms with van der Waals surface area (Å²) in [6, 6.07) is 16.2. The number of nitrogens with zero attached hydrogens (tertiary/aromatic N) is 1. The number of nitrogens with two attached hydrogens (primary N) is 1. The first-order valence-corrected chi connectivity index (χ1v) is 13.3. The van der Waals surface area contributed by atoms with Gasteiger partial charge in [0.15, 0.2) is 0 Å². The molecule has 1 aliphatic rings. The van der Waals surface area contributed by atoms with Gasteiger partial charge in [0.2, 0.25) is 0 Å². The van der Waals surface area contributed by atoms with Gasteiger partial charge in [-0.3, -0.25) is 4.98 Å². The average Bonchev–Trinajstić information content (AvgIpc) is 3.48. The topological polar surface area (TPSA) is 77.2 Å². The number of carbonyl (C=O) groups is 1. The molecule has 232 valence electrons. The predicted molar refractivity (Wildman–Crippen MR) is 161 cm³/mol. The van der Waals surface area contributed by atoms with Crippen molar-refractivity contribution in [1.82, 2.24) is 10.3 Å². The van der Waals surface area contributed by atoms with Gasteiger partial charge >= 0.3 is 18.6 Å². The van der Waals surface area contributed by atoms with Crippen molar-refractivity contribution in [3.05, 3.63) is 94.5 Å². The molecular weight excluding hydrogens is 589 g/mol. The van der Waals surface area contributed by atoms with Gasteiger partial charge in [-0.25, -0.2) is 9.18 Å². The van der Waals surface area contributed by atoms with Gasteiger partial charge in [0.25, 0.3) is 0 Å². The summed E-state index contributed by atoms with van der Waals surface area (Å²) >= 11 is 5.72. The number of ether oxygens (including phenoxy) is 1. The summed E-state index contributed by atoms with van der Waals surface area (Å²) in [4.78, 5) is 14.3. The lowest BCUT2D eigenvalue weighted by Gasteiger charge is -2.18. The normalized spacial score (nSPS) is 12.8. The van der Waals surface area contributed by atoms with Crippen LogP contribution in [-0.2, 0) is 0 Å². The van der Waals surface area contributed by atoms with E-state index in [1.54, 1.807) is 19.1 Å². The van der Waals surface area contributed by atoms with Crippen molar-refractivity contribution in [2.45, 2.75) is 64.0 Å². The predicted octanol–water partition coefficient (Wildman–Crippen LogP) is 8.35. The lowest BCUT2D eigenvalue weighted by atomic mass is 9.97. The minimum Gasteiger partial charge on any atom is -0.428 e. The zero-order valence-electron chi connectivity index (χ0n) is 23.8. The second-order valence-corrected chi connectivity index (χ2v) is 9.39. The highest BCUT2D eigenvalue weighted by Crippen LogP contribution is 2.32. The van der Waals surface area contributed by atoms with Crippen LogP contribution in [0.3, 0.4) is 0 Å². The Morgan fingerprint density at radius 1 is 1.05 bits per heavy atom. The van der Waals surface area contributed by atoms with Gasteiger partial charge in [-0.1, -0.05) is 67.3 Å². The van der Waals surface area contributed by atoms with Crippen molar-refractivity contribution in [2.24, 2.45) is 5.73 Å². The molecule has 1 fully saturated rings. The number of terminal acetylenes is 2. The van der Waals surface area contributed by atoms with E-state index in [2.05, 4.69) is 59.8 Å². The number of rotatable bonds is 6. The lowest BCUT2D eigenvalue weighted by molar-refractivity contribution is -0.253. The molecule has 3 aromatic rings. The molecule has 2 amide bonds. The van der Waals surface area contributed by atoms with Crippen LogP contribution in [0.25, 0.3) is 0 Å². The van der Waals surface area contributed by atoms with Gasteiger partial charge in [-0.15, -0.1) is 25.7 Å². The van der Waals surface area contributed by atoms with E-state index >= 15 is 0 Å². The number of aromatic nitrogens is 1. The summed E-state index contributed by atoms with van der Waals surface area (Å²) in [5, 5.41) is 3.08. The van der Waals surface area contributed by atoms with E-state index in [-0.39, 0.29) is 11.6 Å². The number of carbonyl (C=O) groups excluding carboxylic acids is 1. The summed E-state index contributed by atoms with van der Waals surface area (Å²) in [5.41, 5.74) is 7.00. The summed E-state index contributed by atoms with van der Waals surface area (Å²) < 4.78 is 67.7. The number of primary amides is 1. The van der Waals surface area contributed by atoms with E-state index in [1.165, 1.54) is 24.6 Å². The molecule has 2 aromatic carbocycles. The van der Waals surface area contributed by atoms with E-state index < -0.39 is 30.0 Å². The van der Waals surface area contributed by atoms with Crippen molar-refractivity contribution < 1.29 is 31.5 Å². The number of urea groups is 1. The maximum Gasteiger partial charge on any atom is 0.461 e. The molecular formula is C32H35ClF5N3O2. The number of nitrogens with one attached hydrogen (secondary N) is 1. The Labute approximate surface area is 255 Å². The minimum atomic E-state index is -4.70. The fourth-order valence-electron chi connectivity index (χ4n) is 3.71. The third-order valence-corrected chi connectivity index (χ3v) is 5.96. The molecule has 0 bridgehead atoms. The minimum absolute atomic E-state index is 0.250. The number of pyridine rings is 1. The first-order chi connectivity index (χ1) is 20.4. The van der Waals surface area contributed by atoms with Gasteiger partial charge in [0.05, 0.1) is 5.02 Å². The Morgan fingerprint density at radius 3 is 2.07 bits per heavy atom. The van der Waals surface area contributed by atoms with E-state index in [9.17, 15) is 26.7 Å². The molecule has 3 N–H and O–H groups in total. The van der Waals surface area contributed by atoms with E-state index in [4.69, 9.17) is 17.3 Å². The van der Waals surface area contributed by atoms with Crippen molar-refractivity contribution in [3.8, 4) is 31.4 Å². The molecule has 43 heavy (non-hydrogen) atoms. The van der Waals surface area contributed by atoms with Gasteiger partial charge in [0.1, 0.15) is 11.6 Å². The first kappa shape index (κ1) is 38.7. The fraction of sp³-hybridized carbons (Fsp3) is 0.312. The first-order valence-electron chi connectivity index (χ1n) is 12.9. The average molecular weight is 624 g/mol. The van der Waals surface area contributed by atoms with E-state index in [0.29, 0.717) is 22.8 Å². The molecule has 11 heteroatoms. The van der Waals surface area contributed by atoms with Crippen molar-refractivity contribution >= 4 is 17.6 Å². The fourth-order valence-corrected chi connectivity index (χ4v) is 3.83. The molecule has 1 aliphatic carbocycles. The quantitative estimate of drug-likeness (QED) is 0.214. The summed E-state index contributed by atoms with van der Waals surface area (Å²) in [5.74, 6) is -2.06. The zero-order valence-corrected chi connectivity index (χ0v) is 24.6. The number of halogens is 6. The molecule has 4 rings (SSSR count). The number of benzene rings is 2. The Kier molecular flexibility index (Phi) is 18.5. The Morgan fingerprint density at radius 2 is 1.63 bits per heavy atom. The highest BCUT2D eigenvalue weighted by atomic mass is 35.5. The Bertz CT molecular complexity index is 1240. The standard InChI is InChI=1S/C15H11ClF5NO.C7H8.C6H12N2O.2C2H2/c1-8(13-3-2-10(16)7-22-13)9-4-11(17)6-12(5-9)23-15(20,21)14(18)19;1-7-5-3-2-4-6-7;7-6(9)8-5-3-1-2-4-5;2*1-2/h2-8,14H,1H3;2-6H,1H3;5H,1-4H2,(H3,7,8,9);2*1-2H/t8-;;;;/m0..../s1. The third kappa shape index (κ3) is 15.5. The molecule has 1 aromatic heterocycles. The lowest BCUT2D eigenvalue weighted by Crippen LogP contribution is -2.36. The molecule has 5 nitrogen and oxygen atoms in total. The van der Waals surface area contributed by atoms with Crippen LogP contribution in [0.2, 0.25) is 5.02 Å². The summed E-state index contributed by atoms with van der Waals surface area (Å²) in [7, 11) is 0. The largest absolute Gasteiger partial charge is 0.461 e. The molecule has 0 spiro atoms. The maximum atomic E-state index is 13.6. The Balaban J connectivity index is 0.000000717. The molecule has 1 saturated carbocycles. The Hall–Kier alpha value is -4.28. The second-order valence-electron chi connectivity index (χ2n) is 8.95. The van der Waals surface area contributed by atoms with Crippen molar-refractivity contribution in [2.75, 3.05) is 0 Å². The SMILES string of the molecule is C#C.C#C.C[C@@H](c1cc(F)cc(OC(F)(F)C(F)F)c1)c1ccc(Cl)cn1.Cc1ccccc1.NC(=O)NC1CCCC1. The van der Waals surface area contributed by atoms with E-state index in [0.717, 1.165) is 25.0 Å². The number of hydrogen-bond acceptors (Lipinski definition) is 3. The van der Waals surface area contributed by atoms with Crippen LogP contribution < -0.4 is 15.8 Å². The summed E-state index contributed by atoms with van der Waals surface area (Å²) in [6.07, 6.45) is 13.3. The third-order valence-electron chi connectivity index (χ3n) is 5.74. The molecule has 0 unspecified atom stereocenters. The molecule has 0 radical (unpaired) electrons. The number of alkyl halides is 4. The van der Waals surface area contributed by atoms with Gasteiger partial charge < -0.3 is 15.8 Å². The number of aryl methyl sites for hydroxylation is 1. The van der Waals surface area contributed by atoms with Crippen LogP contribution in [0.4, 0.5) is 26.7 Å². The number of hydrogen-bond donors (Lipinski definition) is 2. The van der Waals surface area contributed by atoms with Crippen LogP contribution in [0.5, 0.6) is 5.75 Å². The maximum absolute atomic E-state index is 13.6. The molecule has 0 saturated heterocycles. The molecule has 0 aliphatic heterocycles. The monoisotopic (exact) mass is 623 g/mol.